The number of nitrogens with two attached hydrogens (primary N) is 1. The Bertz CT molecular complexity index is 1170. The minimum atomic E-state index is -0.969. The van der Waals surface area contributed by atoms with Crippen LogP contribution in [0, 0.1) is 28.4 Å². The van der Waals surface area contributed by atoms with Crippen molar-refractivity contribution in [2.45, 2.75) is 19.4 Å². The zero-order chi connectivity index (χ0) is 22.3. The van der Waals surface area contributed by atoms with E-state index in [0.717, 1.165) is 11.1 Å². The third kappa shape index (κ3) is 3.67. The number of pyridine rings is 1. The molecule has 10 heteroatoms. The number of aryl methyl sites for hydroxylation is 1. The molecule has 2 aromatic rings. The van der Waals surface area contributed by atoms with Crippen LogP contribution >= 0.6 is 23.2 Å². The number of hydrogen-bond acceptors (Lipinski definition) is 7. The van der Waals surface area contributed by atoms with Crippen LogP contribution in [0.15, 0.2) is 59.4 Å². The SMILES string of the molecule is Cc1ccc(C2C(C#N)=C(N)N3CCN(Cc4ccc(Cl)nc4)C3=C2[N+](=O)[O-])c(Cl)c1. The van der Waals surface area contributed by atoms with Crippen LogP contribution in [-0.2, 0) is 6.54 Å². The van der Waals surface area contributed by atoms with E-state index >= 15 is 0 Å². The third-order valence-electron chi connectivity index (χ3n) is 5.45. The lowest BCUT2D eigenvalue weighted by Gasteiger charge is -2.32. The minimum absolute atomic E-state index is 0.115. The van der Waals surface area contributed by atoms with E-state index in [9.17, 15) is 15.4 Å². The largest absolute Gasteiger partial charge is 0.384 e. The van der Waals surface area contributed by atoms with Crippen molar-refractivity contribution in [2.75, 3.05) is 13.1 Å². The molecule has 1 saturated heterocycles. The molecule has 0 radical (unpaired) electrons. The maximum absolute atomic E-state index is 12.3. The summed E-state index contributed by atoms with van der Waals surface area (Å²) in [6, 6.07) is 10.8. The smallest absolute Gasteiger partial charge is 0.299 e. The molecule has 31 heavy (non-hydrogen) atoms. The first-order valence-corrected chi connectivity index (χ1v) is 10.2. The standard InChI is InChI=1S/C21H18Cl2N6O2/c1-12-2-4-14(16(22)8-12)18-15(9-24)20(25)28-7-6-27(21(28)19(18)29(30)31)11-13-3-5-17(23)26-10-13/h2-5,8,10,18H,6-7,11,25H2,1H3. The molecule has 3 heterocycles. The molecular formula is C21H18Cl2N6O2. The van der Waals surface area contributed by atoms with Gasteiger partial charge in [0.25, 0.3) is 5.70 Å². The fourth-order valence-electron chi connectivity index (χ4n) is 4.05. The molecule has 8 nitrogen and oxygen atoms in total. The van der Waals surface area contributed by atoms with Crippen molar-refractivity contribution in [1.82, 2.24) is 14.8 Å². The van der Waals surface area contributed by atoms with Crippen LogP contribution < -0.4 is 5.73 Å². The number of aromatic nitrogens is 1. The Labute approximate surface area is 188 Å². The quantitative estimate of drug-likeness (QED) is 0.423. The van der Waals surface area contributed by atoms with Crippen molar-refractivity contribution >= 4 is 23.2 Å². The summed E-state index contributed by atoms with van der Waals surface area (Å²) in [4.78, 5) is 19.5. The van der Waals surface area contributed by atoms with Gasteiger partial charge in [-0.25, -0.2) is 4.98 Å². The van der Waals surface area contributed by atoms with E-state index in [1.165, 1.54) is 0 Å². The Morgan fingerprint density at radius 3 is 2.71 bits per heavy atom. The van der Waals surface area contributed by atoms with Gasteiger partial charge in [-0.15, -0.1) is 0 Å². The van der Waals surface area contributed by atoms with Gasteiger partial charge in [-0.05, 0) is 35.7 Å². The molecule has 0 aliphatic carbocycles. The molecule has 1 fully saturated rings. The van der Waals surface area contributed by atoms with Crippen molar-refractivity contribution < 1.29 is 4.92 Å². The molecule has 0 amide bonds. The van der Waals surface area contributed by atoms with Gasteiger partial charge in [0.1, 0.15) is 16.9 Å². The molecule has 0 bridgehead atoms. The zero-order valence-electron chi connectivity index (χ0n) is 16.5. The molecule has 1 unspecified atom stereocenters. The van der Waals surface area contributed by atoms with Crippen molar-refractivity contribution in [3.63, 3.8) is 0 Å². The molecule has 158 valence electrons. The highest BCUT2D eigenvalue weighted by Crippen LogP contribution is 2.45. The van der Waals surface area contributed by atoms with Crippen molar-refractivity contribution in [1.29, 1.82) is 5.26 Å². The Morgan fingerprint density at radius 2 is 2.10 bits per heavy atom. The maximum Gasteiger partial charge on any atom is 0.299 e. The van der Waals surface area contributed by atoms with Crippen molar-refractivity contribution in [3.05, 3.63) is 96.4 Å². The van der Waals surface area contributed by atoms with E-state index in [1.54, 1.807) is 29.3 Å². The van der Waals surface area contributed by atoms with Crippen molar-refractivity contribution in [2.24, 2.45) is 5.73 Å². The molecule has 0 spiro atoms. The fraction of sp³-hybridized carbons (Fsp3) is 0.238. The van der Waals surface area contributed by atoms with Crippen molar-refractivity contribution in [3.8, 4) is 6.07 Å². The van der Waals surface area contributed by atoms with E-state index in [1.807, 2.05) is 24.0 Å². The number of nitriles is 1. The summed E-state index contributed by atoms with van der Waals surface area (Å²) in [5.74, 6) is -0.386. The first-order valence-electron chi connectivity index (χ1n) is 9.49. The number of hydrogen-bond donors (Lipinski definition) is 1. The number of fused-ring (bicyclic) bond motifs is 1. The second-order valence-corrected chi connectivity index (χ2v) is 8.19. The van der Waals surface area contributed by atoms with Gasteiger partial charge in [0, 0.05) is 30.9 Å². The van der Waals surface area contributed by atoms with Gasteiger partial charge in [-0.1, -0.05) is 41.4 Å². The molecule has 2 N–H and O–H groups in total. The van der Waals surface area contributed by atoms with Gasteiger partial charge in [0.2, 0.25) is 0 Å². The van der Waals surface area contributed by atoms with Crippen LogP contribution in [0.3, 0.4) is 0 Å². The lowest BCUT2D eigenvalue weighted by Crippen LogP contribution is -2.37. The average Bonchev–Trinajstić information content (AvgIpc) is 3.13. The number of nitro groups is 1. The molecule has 2 aliphatic rings. The monoisotopic (exact) mass is 456 g/mol. The van der Waals surface area contributed by atoms with Gasteiger partial charge in [0.05, 0.1) is 16.6 Å². The summed E-state index contributed by atoms with van der Waals surface area (Å²) in [6.45, 7) is 3.19. The maximum atomic E-state index is 12.3. The van der Waals surface area contributed by atoms with E-state index in [-0.39, 0.29) is 17.1 Å². The van der Waals surface area contributed by atoms with Gasteiger partial charge in [-0.3, -0.25) is 10.1 Å². The summed E-state index contributed by atoms with van der Waals surface area (Å²) in [6.07, 6.45) is 1.63. The van der Waals surface area contributed by atoms with Crippen LogP contribution in [0.2, 0.25) is 10.2 Å². The Balaban J connectivity index is 1.87. The van der Waals surface area contributed by atoms with Crippen LogP contribution in [-0.4, -0.2) is 32.8 Å². The van der Waals surface area contributed by atoms with Crippen LogP contribution in [0.1, 0.15) is 22.6 Å². The summed E-state index contributed by atoms with van der Waals surface area (Å²) in [7, 11) is 0. The second-order valence-electron chi connectivity index (χ2n) is 7.40. The predicted octanol–water partition coefficient (Wildman–Crippen LogP) is 3.75. The Hall–Kier alpha value is -3.28. The first-order chi connectivity index (χ1) is 14.8. The molecule has 1 aromatic heterocycles. The number of nitrogens with zero attached hydrogens (tertiary/aromatic N) is 5. The molecule has 2 aliphatic heterocycles. The third-order valence-corrected chi connectivity index (χ3v) is 6.00. The molecule has 4 rings (SSSR count). The number of rotatable bonds is 4. The highest BCUT2D eigenvalue weighted by molar-refractivity contribution is 6.31. The lowest BCUT2D eigenvalue weighted by molar-refractivity contribution is -0.432. The van der Waals surface area contributed by atoms with Gasteiger partial charge >= 0.3 is 0 Å². The number of allylic oxidation sites excluding steroid dienone is 1. The van der Waals surface area contributed by atoms with E-state index in [0.29, 0.717) is 41.2 Å². The summed E-state index contributed by atoms with van der Waals surface area (Å²) in [5.41, 5.74) is 8.59. The van der Waals surface area contributed by atoms with E-state index in [4.69, 9.17) is 28.9 Å². The van der Waals surface area contributed by atoms with E-state index < -0.39 is 10.8 Å². The number of halogens is 2. The van der Waals surface area contributed by atoms with Gasteiger partial charge < -0.3 is 15.5 Å². The van der Waals surface area contributed by atoms with E-state index in [2.05, 4.69) is 11.1 Å². The predicted molar refractivity (Wildman–Crippen MR) is 116 cm³/mol. The lowest BCUT2D eigenvalue weighted by atomic mass is 9.85. The summed E-state index contributed by atoms with van der Waals surface area (Å²) >= 11 is 12.3. The zero-order valence-corrected chi connectivity index (χ0v) is 18.1. The van der Waals surface area contributed by atoms with Gasteiger partial charge in [-0.2, -0.15) is 5.26 Å². The highest BCUT2D eigenvalue weighted by Gasteiger charge is 2.47. The van der Waals surface area contributed by atoms with Gasteiger partial charge in [0.15, 0.2) is 5.82 Å². The Morgan fingerprint density at radius 1 is 1.32 bits per heavy atom. The van der Waals surface area contributed by atoms with Crippen LogP contribution in [0.25, 0.3) is 0 Å². The summed E-state index contributed by atoms with van der Waals surface area (Å²) < 4.78 is 0. The highest BCUT2D eigenvalue weighted by atomic mass is 35.5. The topological polar surface area (TPSA) is 112 Å². The van der Waals surface area contributed by atoms with Crippen LogP contribution in [0.5, 0.6) is 0 Å². The molecule has 1 atom stereocenters. The minimum Gasteiger partial charge on any atom is -0.384 e. The Kier molecular flexibility index (Phi) is 5.48. The molecule has 1 aromatic carbocycles. The first kappa shape index (κ1) is 21.0. The second kappa shape index (κ2) is 8.10. The van der Waals surface area contributed by atoms with Crippen LogP contribution in [0.4, 0.5) is 0 Å². The molecular weight excluding hydrogens is 439 g/mol. The number of benzene rings is 1. The fourth-order valence-corrected chi connectivity index (χ4v) is 4.51. The normalized spacial score (nSPS) is 18.3. The molecule has 0 saturated carbocycles. The average molecular weight is 457 g/mol. The summed E-state index contributed by atoms with van der Waals surface area (Å²) in [5, 5.41) is 22.9.